The van der Waals surface area contributed by atoms with E-state index in [-0.39, 0.29) is 39.9 Å². The van der Waals surface area contributed by atoms with Crippen molar-refractivity contribution < 1.29 is 31.5 Å². The number of halogens is 3. The average molecular weight is 483 g/mol. The summed E-state index contributed by atoms with van der Waals surface area (Å²) in [6, 6.07) is 9.65. The molecule has 0 unspecified atom stereocenters. The van der Waals surface area contributed by atoms with Gasteiger partial charge in [0.25, 0.3) is 10.0 Å². The van der Waals surface area contributed by atoms with Crippen LogP contribution in [0.25, 0.3) is 11.0 Å². The lowest BCUT2D eigenvalue weighted by atomic mass is 9.87. The molecule has 0 fully saturated rings. The Hall–Kier alpha value is -2.88. The number of benzene rings is 1. The third-order valence-corrected chi connectivity index (χ3v) is 7.05. The number of aliphatic carboxylic acids is 1. The maximum atomic E-state index is 13.7. The molecule has 33 heavy (non-hydrogen) atoms. The lowest BCUT2D eigenvalue weighted by Crippen LogP contribution is -2.18. The van der Waals surface area contributed by atoms with E-state index in [1.165, 1.54) is 12.1 Å². The lowest BCUT2D eigenvalue weighted by molar-refractivity contribution is -0.141. The number of aryl methyl sites for hydroxylation is 1. The second kappa shape index (κ2) is 8.81. The standard InChI is InChI=1S/C23H25F3N2O4S/c1-22(2,3)15-7-6-9-17(13-15)33(31,32)28-16(8-4-5-10-21(29)30)14-18-19(28)11-12-20(27-18)23(24,25)26/h6-7,9,11-14H,4-5,8,10H2,1-3H3,(H,29,30). The fourth-order valence-corrected chi connectivity index (χ4v) is 5.15. The Morgan fingerprint density at radius 3 is 2.36 bits per heavy atom. The third-order valence-electron chi connectivity index (χ3n) is 5.29. The summed E-state index contributed by atoms with van der Waals surface area (Å²) in [4.78, 5) is 14.4. The fourth-order valence-electron chi connectivity index (χ4n) is 3.54. The summed E-state index contributed by atoms with van der Waals surface area (Å²) >= 11 is 0. The number of unbranched alkanes of at least 4 members (excludes halogenated alkanes) is 1. The van der Waals surface area contributed by atoms with E-state index in [0.717, 1.165) is 21.7 Å². The zero-order chi connectivity index (χ0) is 24.6. The molecule has 0 saturated carbocycles. The van der Waals surface area contributed by atoms with Gasteiger partial charge in [0, 0.05) is 12.1 Å². The molecule has 0 aliphatic carbocycles. The number of carbonyl (C=O) groups is 1. The molecule has 1 N–H and O–H groups in total. The number of hydrogen-bond acceptors (Lipinski definition) is 4. The van der Waals surface area contributed by atoms with Crippen molar-refractivity contribution in [3.05, 3.63) is 59.4 Å². The van der Waals surface area contributed by atoms with Crippen LogP contribution in [0.5, 0.6) is 0 Å². The van der Waals surface area contributed by atoms with Crippen molar-refractivity contribution in [3.63, 3.8) is 0 Å². The van der Waals surface area contributed by atoms with Crippen LogP contribution in [-0.4, -0.2) is 28.5 Å². The van der Waals surface area contributed by atoms with E-state index in [1.54, 1.807) is 12.1 Å². The number of carboxylic acid groups (broad SMARTS) is 1. The molecule has 6 nitrogen and oxygen atoms in total. The number of alkyl halides is 3. The van der Waals surface area contributed by atoms with Crippen molar-refractivity contribution >= 4 is 27.0 Å². The number of carboxylic acids is 1. The van der Waals surface area contributed by atoms with Gasteiger partial charge in [-0.25, -0.2) is 17.4 Å². The molecule has 0 atom stereocenters. The molecule has 0 radical (unpaired) electrons. The predicted molar refractivity (Wildman–Crippen MR) is 118 cm³/mol. The molecule has 2 aromatic heterocycles. The molecule has 0 aliphatic rings. The van der Waals surface area contributed by atoms with Gasteiger partial charge in [-0.3, -0.25) is 4.79 Å². The zero-order valence-electron chi connectivity index (χ0n) is 18.5. The Kier molecular flexibility index (Phi) is 6.61. The molecule has 3 aromatic rings. The fraction of sp³-hybridized carbons (Fsp3) is 0.391. The van der Waals surface area contributed by atoms with E-state index in [4.69, 9.17) is 5.11 Å². The summed E-state index contributed by atoms with van der Waals surface area (Å²) in [5.41, 5.74) is -0.431. The normalized spacial score (nSPS) is 12.9. The Morgan fingerprint density at radius 2 is 1.76 bits per heavy atom. The number of fused-ring (bicyclic) bond motifs is 1. The van der Waals surface area contributed by atoms with Crippen LogP contribution >= 0.6 is 0 Å². The maximum Gasteiger partial charge on any atom is 0.433 e. The second-order valence-electron chi connectivity index (χ2n) is 8.88. The molecule has 3 rings (SSSR count). The Labute approximate surface area is 190 Å². The highest BCUT2D eigenvalue weighted by Crippen LogP contribution is 2.33. The van der Waals surface area contributed by atoms with Crippen molar-refractivity contribution in [2.45, 2.75) is 62.9 Å². The first-order valence-corrected chi connectivity index (χ1v) is 11.8. The molecule has 2 heterocycles. The first-order chi connectivity index (χ1) is 15.2. The van der Waals surface area contributed by atoms with Crippen LogP contribution in [-0.2, 0) is 32.8 Å². The summed E-state index contributed by atoms with van der Waals surface area (Å²) in [7, 11) is -4.16. The zero-order valence-corrected chi connectivity index (χ0v) is 19.3. The van der Waals surface area contributed by atoms with Gasteiger partial charge in [-0.1, -0.05) is 32.9 Å². The Morgan fingerprint density at radius 1 is 1.06 bits per heavy atom. The van der Waals surface area contributed by atoms with Crippen LogP contribution in [0.15, 0.2) is 47.4 Å². The molecule has 0 amide bonds. The first-order valence-electron chi connectivity index (χ1n) is 10.4. The number of rotatable bonds is 7. The molecule has 0 bridgehead atoms. The summed E-state index contributed by atoms with van der Waals surface area (Å²) in [5.74, 6) is -0.973. The molecule has 178 valence electrons. The highest BCUT2D eigenvalue weighted by molar-refractivity contribution is 7.90. The van der Waals surface area contributed by atoms with Crippen molar-refractivity contribution in [1.82, 2.24) is 8.96 Å². The highest BCUT2D eigenvalue weighted by atomic mass is 32.2. The summed E-state index contributed by atoms with van der Waals surface area (Å²) in [5, 5.41) is 8.84. The number of aromatic nitrogens is 2. The Balaban J connectivity index is 2.16. The number of nitrogens with zero attached hydrogens (tertiary/aromatic N) is 2. The molecule has 0 spiro atoms. The van der Waals surface area contributed by atoms with E-state index >= 15 is 0 Å². The van der Waals surface area contributed by atoms with Gasteiger partial charge in [0.15, 0.2) is 0 Å². The van der Waals surface area contributed by atoms with Crippen molar-refractivity contribution in [1.29, 1.82) is 0 Å². The molecular weight excluding hydrogens is 457 g/mol. The van der Waals surface area contributed by atoms with Gasteiger partial charge in [-0.2, -0.15) is 13.2 Å². The largest absolute Gasteiger partial charge is 0.481 e. The maximum absolute atomic E-state index is 13.7. The molecular formula is C23H25F3N2O4S. The minimum atomic E-state index is -4.67. The van der Waals surface area contributed by atoms with Gasteiger partial charge < -0.3 is 5.11 Å². The average Bonchev–Trinajstić information content (AvgIpc) is 3.08. The SMILES string of the molecule is CC(C)(C)c1cccc(S(=O)(=O)n2c(CCCCC(=O)O)cc3nc(C(F)(F)F)ccc32)c1. The van der Waals surface area contributed by atoms with Crippen LogP contribution in [0.1, 0.15) is 57.0 Å². The van der Waals surface area contributed by atoms with Crippen LogP contribution in [0.2, 0.25) is 0 Å². The highest BCUT2D eigenvalue weighted by Gasteiger charge is 2.33. The molecule has 10 heteroatoms. The third kappa shape index (κ3) is 5.38. The van der Waals surface area contributed by atoms with Gasteiger partial charge >= 0.3 is 12.1 Å². The number of pyridine rings is 1. The van der Waals surface area contributed by atoms with E-state index < -0.39 is 27.9 Å². The topological polar surface area (TPSA) is 89.3 Å². The van der Waals surface area contributed by atoms with Gasteiger partial charge in [-0.15, -0.1) is 0 Å². The minimum Gasteiger partial charge on any atom is -0.481 e. The first kappa shape index (κ1) is 24.8. The van der Waals surface area contributed by atoms with Crippen LogP contribution in [0, 0.1) is 0 Å². The summed E-state index contributed by atoms with van der Waals surface area (Å²) in [6.45, 7) is 5.83. The summed E-state index contributed by atoms with van der Waals surface area (Å²) in [6.07, 6.45) is -3.93. The molecule has 1 aromatic carbocycles. The van der Waals surface area contributed by atoms with Gasteiger partial charge in [-0.05, 0) is 60.6 Å². The van der Waals surface area contributed by atoms with E-state index in [1.807, 2.05) is 26.8 Å². The van der Waals surface area contributed by atoms with Crippen LogP contribution in [0.3, 0.4) is 0 Å². The summed E-state index contributed by atoms with van der Waals surface area (Å²) < 4.78 is 67.8. The van der Waals surface area contributed by atoms with E-state index in [0.29, 0.717) is 12.8 Å². The van der Waals surface area contributed by atoms with E-state index in [9.17, 15) is 26.4 Å². The lowest BCUT2D eigenvalue weighted by Gasteiger charge is -2.20. The minimum absolute atomic E-state index is 0.0131. The van der Waals surface area contributed by atoms with Gasteiger partial charge in [0.05, 0.1) is 15.9 Å². The van der Waals surface area contributed by atoms with Gasteiger partial charge in [0.2, 0.25) is 0 Å². The molecule has 0 aliphatic heterocycles. The smallest absolute Gasteiger partial charge is 0.433 e. The Bertz CT molecular complexity index is 1290. The van der Waals surface area contributed by atoms with Gasteiger partial charge in [0.1, 0.15) is 5.69 Å². The quantitative estimate of drug-likeness (QED) is 0.456. The predicted octanol–water partition coefficient (Wildman–Crippen LogP) is 5.39. The number of hydrogen-bond donors (Lipinski definition) is 1. The molecule has 0 saturated heterocycles. The van der Waals surface area contributed by atoms with Crippen LogP contribution in [0.4, 0.5) is 13.2 Å². The van der Waals surface area contributed by atoms with Crippen molar-refractivity contribution in [3.8, 4) is 0 Å². The monoisotopic (exact) mass is 482 g/mol. The second-order valence-corrected chi connectivity index (χ2v) is 10.7. The van der Waals surface area contributed by atoms with Crippen molar-refractivity contribution in [2.24, 2.45) is 0 Å². The van der Waals surface area contributed by atoms with E-state index in [2.05, 4.69) is 4.98 Å². The van der Waals surface area contributed by atoms with Crippen LogP contribution < -0.4 is 0 Å². The van der Waals surface area contributed by atoms with Crippen molar-refractivity contribution in [2.75, 3.05) is 0 Å².